The van der Waals surface area contributed by atoms with Gasteiger partial charge in [-0.25, -0.2) is 0 Å². The van der Waals surface area contributed by atoms with E-state index in [1.54, 1.807) is 0 Å². The predicted octanol–water partition coefficient (Wildman–Crippen LogP) is 19.2. The van der Waals surface area contributed by atoms with Crippen LogP contribution in [0.1, 0.15) is 66.8 Å². The number of hydrogen-bond acceptors (Lipinski definition) is 3. The van der Waals surface area contributed by atoms with Crippen molar-refractivity contribution < 1.29 is 0 Å². The van der Waals surface area contributed by atoms with Crippen LogP contribution >= 0.6 is 23.5 Å². The van der Waals surface area contributed by atoms with E-state index in [0.29, 0.717) is 0 Å². The van der Waals surface area contributed by atoms with Gasteiger partial charge in [0.15, 0.2) is 0 Å². The molecule has 78 heavy (non-hydrogen) atoms. The van der Waals surface area contributed by atoms with Gasteiger partial charge in [0.05, 0.1) is 21.9 Å². The van der Waals surface area contributed by atoms with Gasteiger partial charge in [-0.05, 0) is 160 Å². The average molecular weight is 1020 g/mol. The van der Waals surface area contributed by atoms with Crippen molar-refractivity contribution in [3.63, 3.8) is 0 Å². The van der Waals surface area contributed by atoms with E-state index in [1.165, 1.54) is 131 Å². The predicted molar refractivity (Wildman–Crippen MR) is 320 cm³/mol. The van der Waals surface area contributed by atoms with Crippen molar-refractivity contribution in [3.05, 3.63) is 340 Å². The van der Waals surface area contributed by atoms with Crippen molar-refractivity contribution >= 4 is 40.6 Å². The van der Waals surface area contributed by atoms with Crippen LogP contribution in [0, 0.1) is 0 Å². The Kier molecular flexibility index (Phi) is 8.68. The van der Waals surface area contributed by atoms with E-state index in [9.17, 15) is 0 Å². The standard InChI is InChI=1S/C75H45NS2/c1-6-25-55-48(20-1)49-21-2-7-26-56(49)73(55)59-29-10-5-24-53(59)72-65(73)34-19-35-67(72)76(46-41-43-60-54(44-46)51-23-4-9-28-58(51)74(60)61-30-11-15-36-68(61)77-69-37-16-12-31-62(69)74)47-40-42-52-50-22-3-8-27-57(50)75(66(52)45-47)63-32-13-17-38-70(63)78-71-39-18-14-33-64(71)75/h1-45H. The first-order chi connectivity index (χ1) is 38.7. The molecular weight excluding hydrogens is 979 g/mol. The molecule has 0 unspecified atom stereocenters. The third-order valence-corrected chi connectivity index (χ3v) is 20.7. The molecule has 2 aliphatic heterocycles. The Bertz CT molecular complexity index is 4480. The van der Waals surface area contributed by atoms with Crippen molar-refractivity contribution in [2.24, 2.45) is 0 Å². The smallest absolute Gasteiger partial charge is 0.0736 e. The minimum atomic E-state index is -0.540. The van der Waals surface area contributed by atoms with Crippen LogP contribution < -0.4 is 4.90 Å². The fourth-order valence-electron chi connectivity index (χ4n) is 15.7. The maximum atomic E-state index is 2.63. The SMILES string of the molecule is c1ccc2c(c1)Sc1ccccc1C21c2ccccc2-c2cc(N(c3ccc4c(c3)C3(c5ccccc5Sc5ccccc53)c3ccccc3-4)c3cccc4c3-c3ccccc3C43c4ccccc4-c4ccccc43)ccc21. The average Bonchev–Trinajstić information content (AvgIpc) is 4.35. The summed E-state index contributed by atoms with van der Waals surface area (Å²) in [6.45, 7) is 0. The lowest BCUT2D eigenvalue weighted by Gasteiger charge is -2.40. The third-order valence-electron chi connectivity index (χ3n) is 18.4. The molecule has 362 valence electrons. The molecule has 12 aromatic rings. The molecule has 3 heteroatoms. The van der Waals surface area contributed by atoms with E-state index in [-0.39, 0.29) is 0 Å². The number of hydrogen-bond donors (Lipinski definition) is 0. The summed E-state index contributed by atoms with van der Waals surface area (Å²) in [5.74, 6) is 0. The van der Waals surface area contributed by atoms with Crippen molar-refractivity contribution in [2.75, 3.05) is 4.90 Å². The maximum Gasteiger partial charge on any atom is 0.0736 e. The number of benzene rings is 12. The Morgan fingerprint density at radius 3 is 1.03 bits per heavy atom. The molecule has 0 atom stereocenters. The van der Waals surface area contributed by atoms with Crippen LogP contribution in [0.4, 0.5) is 17.1 Å². The van der Waals surface area contributed by atoms with Crippen LogP contribution in [0.2, 0.25) is 0 Å². The molecule has 0 N–H and O–H groups in total. The van der Waals surface area contributed by atoms with E-state index in [1.807, 2.05) is 23.5 Å². The summed E-state index contributed by atoms with van der Waals surface area (Å²) in [5, 5.41) is 0. The van der Waals surface area contributed by atoms with E-state index >= 15 is 0 Å². The highest BCUT2D eigenvalue weighted by Crippen LogP contribution is 2.68. The Morgan fingerprint density at radius 1 is 0.218 bits per heavy atom. The highest BCUT2D eigenvalue weighted by molar-refractivity contribution is 7.99. The van der Waals surface area contributed by atoms with Gasteiger partial charge in [0, 0.05) is 36.5 Å². The summed E-state index contributed by atoms with van der Waals surface area (Å²) in [7, 11) is 0. The number of fused-ring (bicyclic) bond motifs is 28. The maximum absolute atomic E-state index is 2.63. The van der Waals surface area contributed by atoms with Gasteiger partial charge in [-0.2, -0.15) is 0 Å². The first-order valence-corrected chi connectivity index (χ1v) is 28.8. The zero-order chi connectivity index (χ0) is 50.9. The molecule has 0 saturated heterocycles. The highest BCUT2D eigenvalue weighted by Gasteiger charge is 2.55. The van der Waals surface area contributed by atoms with Crippen LogP contribution in [0.25, 0.3) is 44.5 Å². The normalized spacial score (nSPS) is 15.4. The molecule has 0 saturated carbocycles. The Balaban J connectivity index is 0.948. The number of anilines is 3. The van der Waals surface area contributed by atoms with Crippen molar-refractivity contribution in [2.45, 2.75) is 35.8 Å². The lowest BCUT2D eigenvalue weighted by molar-refractivity contribution is 0.722. The fourth-order valence-corrected chi connectivity index (χ4v) is 18.1. The zero-order valence-electron chi connectivity index (χ0n) is 42.2. The van der Waals surface area contributed by atoms with Crippen molar-refractivity contribution in [3.8, 4) is 44.5 Å². The molecule has 0 aromatic heterocycles. The van der Waals surface area contributed by atoms with Gasteiger partial charge in [-0.3, -0.25) is 0 Å². The lowest BCUT2D eigenvalue weighted by atomic mass is 9.67. The van der Waals surface area contributed by atoms with Crippen LogP contribution in [0.15, 0.2) is 293 Å². The monoisotopic (exact) mass is 1020 g/mol. The summed E-state index contributed by atoms with van der Waals surface area (Å²) in [5.41, 5.74) is 28.2. The summed E-state index contributed by atoms with van der Waals surface area (Å²) < 4.78 is 0. The van der Waals surface area contributed by atoms with Crippen LogP contribution in [0.5, 0.6) is 0 Å². The molecule has 0 radical (unpaired) electrons. The van der Waals surface area contributed by atoms with Gasteiger partial charge in [0.1, 0.15) is 0 Å². The molecule has 6 aliphatic rings. The fraction of sp³-hybridized carbons (Fsp3) is 0.0400. The van der Waals surface area contributed by atoms with Gasteiger partial charge in [-0.1, -0.05) is 242 Å². The second kappa shape index (κ2) is 15.6. The third kappa shape index (κ3) is 5.18. The molecule has 2 heterocycles. The molecule has 1 nitrogen and oxygen atoms in total. The topological polar surface area (TPSA) is 3.24 Å². The van der Waals surface area contributed by atoms with Crippen LogP contribution in [-0.2, 0) is 16.2 Å². The minimum absolute atomic E-state index is 0.484. The highest BCUT2D eigenvalue weighted by atomic mass is 32.2. The molecule has 0 bridgehead atoms. The molecular formula is C75H45NS2. The second-order valence-electron chi connectivity index (χ2n) is 21.7. The first kappa shape index (κ1) is 43.3. The number of nitrogens with zero attached hydrogens (tertiary/aromatic N) is 1. The minimum Gasteiger partial charge on any atom is -0.310 e. The van der Waals surface area contributed by atoms with Crippen LogP contribution in [-0.4, -0.2) is 0 Å². The summed E-state index contributed by atoms with van der Waals surface area (Å²) >= 11 is 3.79. The lowest BCUT2D eigenvalue weighted by Crippen LogP contribution is -2.32. The van der Waals surface area contributed by atoms with Gasteiger partial charge in [0.25, 0.3) is 0 Å². The Labute approximate surface area is 462 Å². The Morgan fingerprint density at radius 2 is 0.538 bits per heavy atom. The van der Waals surface area contributed by atoms with Crippen molar-refractivity contribution in [1.82, 2.24) is 0 Å². The van der Waals surface area contributed by atoms with Gasteiger partial charge < -0.3 is 4.90 Å². The quantitative estimate of drug-likeness (QED) is 0.174. The molecule has 18 rings (SSSR count). The van der Waals surface area contributed by atoms with E-state index in [2.05, 4.69) is 278 Å². The van der Waals surface area contributed by atoms with E-state index < -0.39 is 16.2 Å². The Hall–Kier alpha value is -8.86. The molecule has 0 amide bonds. The molecule has 4 aliphatic carbocycles. The van der Waals surface area contributed by atoms with Crippen LogP contribution in [0.3, 0.4) is 0 Å². The molecule has 3 spiro atoms. The molecule has 0 fully saturated rings. The van der Waals surface area contributed by atoms with Gasteiger partial charge >= 0.3 is 0 Å². The van der Waals surface area contributed by atoms with Gasteiger partial charge in [-0.15, -0.1) is 0 Å². The van der Waals surface area contributed by atoms with E-state index in [4.69, 9.17) is 0 Å². The number of rotatable bonds is 3. The summed E-state index contributed by atoms with van der Waals surface area (Å²) in [6.07, 6.45) is 0. The van der Waals surface area contributed by atoms with E-state index in [0.717, 1.165) is 17.1 Å². The van der Waals surface area contributed by atoms with Crippen molar-refractivity contribution in [1.29, 1.82) is 0 Å². The zero-order valence-corrected chi connectivity index (χ0v) is 43.9. The van der Waals surface area contributed by atoms with Gasteiger partial charge in [0.2, 0.25) is 0 Å². The summed E-state index contributed by atoms with van der Waals surface area (Å²) in [4.78, 5) is 7.85. The second-order valence-corrected chi connectivity index (χ2v) is 23.8. The largest absolute Gasteiger partial charge is 0.310 e. The summed E-state index contributed by atoms with van der Waals surface area (Å²) in [6, 6.07) is 105. The molecule has 12 aromatic carbocycles. The first-order valence-electron chi connectivity index (χ1n) is 27.2.